The number of rotatable bonds is 4. The van der Waals surface area contributed by atoms with E-state index in [4.69, 9.17) is 4.74 Å². The summed E-state index contributed by atoms with van der Waals surface area (Å²) in [5, 5.41) is 7.00. The van der Waals surface area contributed by atoms with E-state index in [-0.39, 0.29) is 11.8 Å². The maximum absolute atomic E-state index is 12.2. The Kier molecular flexibility index (Phi) is 3.34. The molecule has 1 fully saturated rings. The molecule has 3 aromatic rings. The van der Waals surface area contributed by atoms with Crippen molar-refractivity contribution in [2.75, 3.05) is 7.05 Å². The van der Waals surface area contributed by atoms with Crippen molar-refractivity contribution >= 4 is 28.0 Å². The summed E-state index contributed by atoms with van der Waals surface area (Å²) in [6, 6.07) is 18.3. The third kappa shape index (κ3) is 2.30. The Labute approximate surface area is 138 Å². The normalized spacial score (nSPS) is 22.7. The molecule has 2 aromatic carbocycles. The zero-order chi connectivity index (χ0) is 15.9. The van der Waals surface area contributed by atoms with Crippen LogP contribution in [0.2, 0.25) is 0 Å². The molecule has 1 amide bonds. The molecule has 4 heteroatoms. The highest BCUT2D eigenvalue weighted by molar-refractivity contribution is 7.10. The van der Waals surface area contributed by atoms with Crippen LogP contribution in [0.1, 0.15) is 11.3 Å². The van der Waals surface area contributed by atoms with Crippen molar-refractivity contribution in [2.24, 2.45) is 5.92 Å². The first-order valence-corrected chi connectivity index (χ1v) is 8.55. The monoisotopic (exact) mass is 323 g/mol. The van der Waals surface area contributed by atoms with Gasteiger partial charge in [0.05, 0.1) is 5.92 Å². The fourth-order valence-electron chi connectivity index (χ4n) is 3.16. The first-order chi connectivity index (χ1) is 11.2. The summed E-state index contributed by atoms with van der Waals surface area (Å²) in [6.07, 6.45) is 0.719. The van der Waals surface area contributed by atoms with E-state index in [9.17, 15) is 4.79 Å². The molecule has 0 aliphatic heterocycles. The SMILES string of the molecule is CNC(=O)[C@H]1C[C@@]1(Oc1cccc2ccccc12)c1cccs1. The molecule has 3 nitrogen and oxygen atoms in total. The lowest BCUT2D eigenvalue weighted by Gasteiger charge is -2.20. The molecule has 0 saturated heterocycles. The van der Waals surface area contributed by atoms with E-state index in [2.05, 4.69) is 29.6 Å². The van der Waals surface area contributed by atoms with Gasteiger partial charge in [0.1, 0.15) is 5.75 Å². The molecular formula is C19H17NO2S. The number of carbonyl (C=O) groups is 1. The van der Waals surface area contributed by atoms with E-state index in [1.807, 2.05) is 35.7 Å². The van der Waals surface area contributed by atoms with Gasteiger partial charge in [-0.05, 0) is 22.9 Å². The van der Waals surface area contributed by atoms with E-state index in [0.717, 1.165) is 27.8 Å². The number of carbonyl (C=O) groups excluding carboxylic acids is 1. The van der Waals surface area contributed by atoms with Crippen LogP contribution in [0.25, 0.3) is 10.8 Å². The first-order valence-electron chi connectivity index (χ1n) is 7.67. The first kappa shape index (κ1) is 14.3. The largest absolute Gasteiger partial charge is 0.480 e. The zero-order valence-electron chi connectivity index (χ0n) is 12.8. The quantitative estimate of drug-likeness (QED) is 0.790. The van der Waals surface area contributed by atoms with Gasteiger partial charge in [0.15, 0.2) is 5.60 Å². The summed E-state index contributed by atoms with van der Waals surface area (Å²) in [6.45, 7) is 0. The number of fused-ring (bicyclic) bond motifs is 1. The Balaban J connectivity index is 1.76. The number of benzene rings is 2. The van der Waals surface area contributed by atoms with Crippen molar-refractivity contribution in [1.82, 2.24) is 5.32 Å². The van der Waals surface area contributed by atoms with Gasteiger partial charge in [-0.2, -0.15) is 0 Å². The maximum Gasteiger partial charge on any atom is 0.227 e. The van der Waals surface area contributed by atoms with Crippen LogP contribution >= 0.6 is 11.3 Å². The van der Waals surface area contributed by atoms with Crippen molar-refractivity contribution in [3.8, 4) is 5.75 Å². The minimum Gasteiger partial charge on any atom is -0.480 e. The molecule has 23 heavy (non-hydrogen) atoms. The molecule has 1 saturated carbocycles. The van der Waals surface area contributed by atoms with E-state index in [1.165, 1.54) is 0 Å². The maximum atomic E-state index is 12.2. The van der Waals surface area contributed by atoms with Crippen LogP contribution in [-0.2, 0) is 10.4 Å². The second-order valence-corrected chi connectivity index (χ2v) is 6.76. The number of hydrogen-bond donors (Lipinski definition) is 1. The average Bonchev–Trinajstić information content (AvgIpc) is 3.05. The molecular weight excluding hydrogens is 306 g/mol. The predicted molar refractivity (Wildman–Crippen MR) is 92.7 cm³/mol. The van der Waals surface area contributed by atoms with Gasteiger partial charge in [0, 0.05) is 23.7 Å². The van der Waals surface area contributed by atoms with Gasteiger partial charge >= 0.3 is 0 Å². The number of nitrogens with one attached hydrogen (secondary N) is 1. The predicted octanol–water partition coefficient (Wildman–Crippen LogP) is 3.94. The minimum absolute atomic E-state index is 0.0404. The lowest BCUT2D eigenvalue weighted by molar-refractivity contribution is -0.123. The summed E-state index contributed by atoms with van der Waals surface area (Å²) in [4.78, 5) is 13.3. The molecule has 2 atom stereocenters. The second kappa shape index (κ2) is 5.39. The van der Waals surface area contributed by atoms with Gasteiger partial charge in [-0.1, -0.05) is 42.5 Å². The molecule has 0 unspecified atom stereocenters. The van der Waals surface area contributed by atoms with Crippen LogP contribution in [0.15, 0.2) is 60.0 Å². The lowest BCUT2D eigenvalue weighted by atomic mass is 10.1. The van der Waals surface area contributed by atoms with E-state index < -0.39 is 5.60 Å². The van der Waals surface area contributed by atoms with Crippen LogP contribution < -0.4 is 10.1 Å². The molecule has 0 bridgehead atoms. The van der Waals surface area contributed by atoms with Crippen molar-refractivity contribution in [3.05, 3.63) is 64.9 Å². The molecule has 1 N–H and O–H groups in total. The Morgan fingerprint density at radius 2 is 2.00 bits per heavy atom. The topological polar surface area (TPSA) is 38.3 Å². The molecule has 116 valence electrons. The van der Waals surface area contributed by atoms with Gasteiger partial charge < -0.3 is 10.1 Å². The third-order valence-electron chi connectivity index (χ3n) is 4.45. The van der Waals surface area contributed by atoms with Gasteiger partial charge in [0.25, 0.3) is 0 Å². The van der Waals surface area contributed by atoms with Crippen LogP contribution in [0, 0.1) is 5.92 Å². The summed E-state index contributed by atoms with van der Waals surface area (Å²) in [5.41, 5.74) is -0.529. The minimum atomic E-state index is -0.529. The van der Waals surface area contributed by atoms with Crippen LogP contribution in [0.4, 0.5) is 0 Å². The fraction of sp³-hybridized carbons (Fsp3) is 0.211. The number of thiophene rings is 1. The summed E-state index contributed by atoms with van der Waals surface area (Å²) in [5.74, 6) is 0.742. The van der Waals surface area contributed by atoms with Gasteiger partial charge in [0.2, 0.25) is 5.91 Å². The van der Waals surface area contributed by atoms with Gasteiger partial charge in [-0.3, -0.25) is 4.79 Å². The molecule has 0 spiro atoms. The average molecular weight is 323 g/mol. The zero-order valence-corrected chi connectivity index (χ0v) is 13.6. The van der Waals surface area contributed by atoms with Gasteiger partial charge in [-0.15, -0.1) is 11.3 Å². The van der Waals surface area contributed by atoms with Crippen molar-refractivity contribution in [3.63, 3.8) is 0 Å². The molecule has 4 rings (SSSR count). The Morgan fingerprint density at radius 1 is 1.17 bits per heavy atom. The van der Waals surface area contributed by atoms with Crippen LogP contribution in [0.3, 0.4) is 0 Å². The summed E-state index contributed by atoms with van der Waals surface area (Å²) in [7, 11) is 1.68. The standard InChI is InChI=1S/C19H17NO2S/c1-20-18(21)15-12-19(15,17-10-5-11-23-17)22-16-9-4-7-13-6-2-3-8-14(13)16/h2-11,15H,12H2,1H3,(H,20,21)/t15-,19+/m1/s1. The van der Waals surface area contributed by atoms with Crippen LogP contribution in [0.5, 0.6) is 5.75 Å². The van der Waals surface area contributed by atoms with Crippen LogP contribution in [-0.4, -0.2) is 13.0 Å². The Morgan fingerprint density at radius 3 is 2.78 bits per heavy atom. The van der Waals surface area contributed by atoms with E-state index in [1.54, 1.807) is 18.4 Å². The third-order valence-corrected chi connectivity index (χ3v) is 5.48. The second-order valence-electron chi connectivity index (χ2n) is 5.82. The molecule has 0 radical (unpaired) electrons. The van der Waals surface area contributed by atoms with E-state index in [0.29, 0.717) is 0 Å². The summed E-state index contributed by atoms with van der Waals surface area (Å²) < 4.78 is 6.46. The smallest absolute Gasteiger partial charge is 0.227 e. The molecule has 1 aliphatic rings. The summed E-state index contributed by atoms with van der Waals surface area (Å²) >= 11 is 1.64. The van der Waals surface area contributed by atoms with Gasteiger partial charge in [-0.25, -0.2) is 0 Å². The van der Waals surface area contributed by atoms with Crippen molar-refractivity contribution in [1.29, 1.82) is 0 Å². The number of ether oxygens (including phenoxy) is 1. The highest BCUT2D eigenvalue weighted by Crippen LogP contribution is 2.57. The lowest BCUT2D eigenvalue weighted by Crippen LogP contribution is -2.28. The molecule has 1 aromatic heterocycles. The Bertz CT molecular complexity index is 853. The Hall–Kier alpha value is -2.33. The van der Waals surface area contributed by atoms with E-state index >= 15 is 0 Å². The fourth-order valence-corrected chi connectivity index (χ4v) is 4.09. The highest BCUT2D eigenvalue weighted by atomic mass is 32.1. The van der Waals surface area contributed by atoms with Crippen molar-refractivity contribution < 1.29 is 9.53 Å². The number of hydrogen-bond acceptors (Lipinski definition) is 3. The molecule has 1 aliphatic carbocycles. The van der Waals surface area contributed by atoms with Crippen molar-refractivity contribution in [2.45, 2.75) is 12.0 Å². The molecule has 1 heterocycles. The number of amides is 1. The highest BCUT2D eigenvalue weighted by Gasteiger charge is 2.63.